The fraction of sp³-hybridized carbons (Fsp3) is 0.286. The van der Waals surface area contributed by atoms with Crippen LogP contribution in [-0.2, 0) is 17.8 Å². The molecule has 4 N–H and O–H groups in total. The highest BCUT2D eigenvalue weighted by atomic mass is 16.1. The number of aromatic nitrogens is 2. The average molecular weight is 258 g/mol. The molecule has 0 spiro atoms. The summed E-state index contributed by atoms with van der Waals surface area (Å²) in [6.07, 6.45) is 4.04. The molecular formula is C14H18N4O. The lowest BCUT2D eigenvalue weighted by Crippen LogP contribution is -2.36. The lowest BCUT2D eigenvalue weighted by atomic mass is 9.98. The SMILES string of the molecule is NCC(Cc1ccccc1)C(=O)NCc1ncc[nH]1. The predicted octanol–water partition coefficient (Wildman–Crippen LogP) is 0.843. The molecule has 1 aromatic carbocycles. The summed E-state index contributed by atoms with van der Waals surface area (Å²) < 4.78 is 0. The van der Waals surface area contributed by atoms with E-state index in [0.717, 1.165) is 11.4 Å². The van der Waals surface area contributed by atoms with E-state index in [1.165, 1.54) is 0 Å². The number of nitrogens with two attached hydrogens (primary N) is 1. The van der Waals surface area contributed by atoms with Crippen molar-refractivity contribution in [2.24, 2.45) is 11.7 Å². The van der Waals surface area contributed by atoms with E-state index in [2.05, 4.69) is 15.3 Å². The molecule has 1 atom stereocenters. The fourth-order valence-electron chi connectivity index (χ4n) is 1.89. The van der Waals surface area contributed by atoms with Crippen LogP contribution in [0, 0.1) is 5.92 Å². The Morgan fingerprint density at radius 3 is 2.79 bits per heavy atom. The third-order valence-electron chi connectivity index (χ3n) is 2.97. The standard InChI is InChI=1S/C14H18N4O/c15-9-12(8-11-4-2-1-3-5-11)14(19)18-10-13-16-6-7-17-13/h1-7,12H,8-10,15H2,(H,16,17)(H,18,19). The summed E-state index contributed by atoms with van der Waals surface area (Å²) in [4.78, 5) is 19.0. The second kappa shape index (κ2) is 6.70. The van der Waals surface area contributed by atoms with Gasteiger partial charge in [0.15, 0.2) is 0 Å². The van der Waals surface area contributed by atoms with E-state index in [-0.39, 0.29) is 11.8 Å². The Hall–Kier alpha value is -2.14. The van der Waals surface area contributed by atoms with E-state index in [1.807, 2.05) is 30.3 Å². The van der Waals surface area contributed by atoms with E-state index in [9.17, 15) is 4.79 Å². The van der Waals surface area contributed by atoms with Crippen LogP contribution in [0.3, 0.4) is 0 Å². The van der Waals surface area contributed by atoms with E-state index in [0.29, 0.717) is 19.5 Å². The van der Waals surface area contributed by atoms with Gasteiger partial charge in [-0.15, -0.1) is 0 Å². The predicted molar refractivity (Wildman–Crippen MR) is 73.1 cm³/mol. The summed E-state index contributed by atoms with van der Waals surface area (Å²) in [5.41, 5.74) is 6.80. The van der Waals surface area contributed by atoms with Crippen LogP contribution >= 0.6 is 0 Å². The first kappa shape index (κ1) is 13.3. The molecule has 0 aliphatic rings. The van der Waals surface area contributed by atoms with Gasteiger partial charge in [0.2, 0.25) is 5.91 Å². The number of carbonyl (C=O) groups excluding carboxylic acids is 1. The van der Waals surface area contributed by atoms with Gasteiger partial charge in [-0.25, -0.2) is 4.98 Å². The van der Waals surface area contributed by atoms with Gasteiger partial charge in [0.1, 0.15) is 5.82 Å². The van der Waals surface area contributed by atoms with Gasteiger partial charge < -0.3 is 16.0 Å². The number of carbonyl (C=O) groups is 1. The Bertz CT molecular complexity index is 495. The third-order valence-corrected chi connectivity index (χ3v) is 2.97. The minimum Gasteiger partial charge on any atom is -0.349 e. The van der Waals surface area contributed by atoms with E-state index < -0.39 is 0 Å². The van der Waals surface area contributed by atoms with Crippen molar-refractivity contribution >= 4 is 5.91 Å². The van der Waals surface area contributed by atoms with Crippen molar-refractivity contribution in [2.75, 3.05) is 6.54 Å². The molecule has 2 rings (SSSR count). The van der Waals surface area contributed by atoms with Gasteiger partial charge in [0.25, 0.3) is 0 Å². The molecule has 100 valence electrons. The molecule has 2 aromatic rings. The number of nitrogens with zero attached hydrogens (tertiary/aromatic N) is 1. The summed E-state index contributed by atoms with van der Waals surface area (Å²) in [5, 5.41) is 2.84. The molecule has 5 heteroatoms. The van der Waals surface area contributed by atoms with Gasteiger partial charge in [-0.05, 0) is 12.0 Å². The van der Waals surface area contributed by atoms with Crippen molar-refractivity contribution in [3.63, 3.8) is 0 Å². The molecule has 1 aromatic heterocycles. The van der Waals surface area contributed by atoms with Crippen LogP contribution in [0.15, 0.2) is 42.7 Å². The number of H-pyrrole nitrogens is 1. The van der Waals surface area contributed by atoms with Crippen LogP contribution in [0.4, 0.5) is 0 Å². The number of hydrogen-bond acceptors (Lipinski definition) is 3. The Morgan fingerprint density at radius 2 is 2.16 bits per heavy atom. The van der Waals surface area contributed by atoms with Crippen molar-refractivity contribution < 1.29 is 4.79 Å². The lowest BCUT2D eigenvalue weighted by molar-refractivity contribution is -0.124. The molecule has 0 fully saturated rings. The summed E-state index contributed by atoms with van der Waals surface area (Å²) in [6.45, 7) is 0.732. The molecule has 1 unspecified atom stereocenters. The van der Waals surface area contributed by atoms with Gasteiger partial charge in [-0.2, -0.15) is 0 Å². The van der Waals surface area contributed by atoms with Crippen molar-refractivity contribution in [3.8, 4) is 0 Å². The maximum absolute atomic E-state index is 12.0. The maximum atomic E-state index is 12.0. The van der Waals surface area contributed by atoms with E-state index in [4.69, 9.17) is 5.73 Å². The zero-order valence-corrected chi connectivity index (χ0v) is 10.7. The van der Waals surface area contributed by atoms with Gasteiger partial charge in [-0.1, -0.05) is 30.3 Å². The van der Waals surface area contributed by atoms with Crippen molar-refractivity contribution in [2.45, 2.75) is 13.0 Å². The van der Waals surface area contributed by atoms with Gasteiger partial charge in [0.05, 0.1) is 12.5 Å². The largest absolute Gasteiger partial charge is 0.349 e. The number of hydrogen-bond donors (Lipinski definition) is 3. The molecular weight excluding hydrogens is 240 g/mol. The maximum Gasteiger partial charge on any atom is 0.225 e. The van der Waals surface area contributed by atoms with Crippen molar-refractivity contribution in [3.05, 3.63) is 54.1 Å². The van der Waals surface area contributed by atoms with Crippen LogP contribution in [0.25, 0.3) is 0 Å². The molecule has 0 saturated carbocycles. The number of benzene rings is 1. The highest BCUT2D eigenvalue weighted by Crippen LogP contribution is 2.08. The van der Waals surface area contributed by atoms with Gasteiger partial charge >= 0.3 is 0 Å². The molecule has 5 nitrogen and oxygen atoms in total. The Labute approximate surface area is 112 Å². The normalized spacial score (nSPS) is 12.1. The van der Waals surface area contributed by atoms with Crippen LogP contribution < -0.4 is 11.1 Å². The van der Waals surface area contributed by atoms with Gasteiger partial charge in [-0.3, -0.25) is 4.79 Å². The molecule has 1 amide bonds. The minimum absolute atomic E-state index is 0.0391. The molecule has 1 heterocycles. The summed E-state index contributed by atoms with van der Waals surface area (Å²) >= 11 is 0. The van der Waals surface area contributed by atoms with Crippen molar-refractivity contribution in [1.29, 1.82) is 0 Å². The van der Waals surface area contributed by atoms with Crippen molar-refractivity contribution in [1.82, 2.24) is 15.3 Å². The first-order valence-corrected chi connectivity index (χ1v) is 6.29. The Balaban J connectivity index is 1.88. The Kier molecular flexibility index (Phi) is 4.69. The van der Waals surface area contributed by atoms with Gasteiger partial charge in [0, 0.05) is 18.9 Å². The Morgan fingerprint density at radius 1 is 1.37 bits per heavy atom. The zero-order chi connectivity index (χ0) is 13.5. The third kappa shape index (κ3) is 3.93. The lowest BCUT2D eigenvalue weighted by Gasteiger charge is -2.14. The second-order valence-electron chi connectivity index (χ2n) is 4.38. The number of amides is 1. The molecule has 0 radical (unpaired) electrons. The van der Waals surface area contributed by atoms with Crippen LogP contribution in [-0.4, -0.2) is 22.4 Å². The van der Waals surface area contributed by atoms with Crippen LogP contribution in [0.5, 0.6) is 0 Å². The smallest absolute Gasteiger partial charge is 0.225 e. The number of aromatic amines is 1. The highest BCUT2D eigenvalue weighted by molar-refractivity contribution is 5.79. The summed E-state index contributed by atoms with van der Waals surface area (Å²) in [5.74, 6) is 0.490. The molecule has 0 aliphatic carbocycles. The molecule has 0 aliphatic heterocycles. The molecule has 0 saturated heterocycles. The number of nitrogens with one attached hydrogen (secondary N) is 2. The van der Waals surface area contributed by atoms with Crippen LogP contribution in [0.2, 0.25) is 0 Å². The van der Waals surface area contributed by atoms with E-state index in [1.54, 1.807) is 12.4 Å². The monoisotopic (exact) mass is 258 g/mol. The topological polar surface area (TPSA) is 83.8 Å². The number of imidazole rings is 1. The summed E-state index contributed by atoms with van der Waals surface area (Å²) in [7, 11) is 0. The number of rotatable bonds is 6. The van der Waals surface area contributed by atoms with E-state index >= 15 is 0 Å². The fourth-order valence-corrected chi connectivity index (χ4v) is 1.89. The first-order chi connectivity index (χ1) is 9.29. The zero-order valence-electron chi connectivity index (χ0n) is 10.7. The second-order valence-corrected chi connectivity index (χ2v) is 4.38. The average Bonchev–Trinajstić information content (AvgIpc) is 2.96. The highest BCUT2D eigenvalue weighted by Gasteiger charge is 2.17. The molecule has 19 heavy (non-hydrogen) atoms. The minimum atomic E-state index is -0.211. The molecule has 0 bridgehead atoms. The quantitative estimate of drug-likeness (QED) is 0.718. The summed E-state index contributed by atoms with van der Waals surface area (Å²) in [6, 6.07) is 9.89. The first-order valence-electron chi connectivity index (χ1n) is 6.29. The van der Waals surface area contributed by atoms with Crippen LogP contribution in [0.1, 0.15) is 11.4 Å².